The molecular weight excluding hydrogens is 72.1 g/mol. The highest BCUT2D eigenvalue weighted by Crippen LogP contribution is 1.79. The minimum Gasteiger partial charge on any atom is -0.0623 e. The molecule has 0 aliphatic rings. The SMILES string of the molecule is [2H]c1ccccc1[2H]. The first-order chi connectivity index (χ1) is 3.80. The second-order valence-corrected chi connectivity index (χ2v) is 1.01. The zero-order chi connectivity index (χ0) is 5.98. The van der Waals surface area contributed by atoms with Crippen LogP contribution in [0.2, 0.25) is 0 Å². The molecule has 1 rings (SSSR count). The molecule has 0 atom stereocenters. The van der Waals surface area contributed by atoms with Gasteiger partial charge >= 0.3 is 0 Å². The molecule has 0 saturated carbocycles. The fourth-order valence-electron chi connectivity index (χ4n) is 0.304. The maximum Gasteiger partial charge on any atom is 0.0623 e. The first-order valence-corrected chi connectivity index (χ1v) is 1.83. The summed E-state index contributed by atoms with van der Waals surface area (Å²) >= 11 is 0. The van der Waals surface area contributed by atoms with E-state index in [0.717, 1.165) is 0 Å². The van der Waals surface area contributed by atoms with Crippen LogP contribution in [0.3, 0.4) is 0 Å². The predicted molar refractivity (Wildman–Crippen MR) is 26.4 cm³/mol. The zero-order valence-electron chi connectivity index (χ0n) is 5.31. The first-order valence-electron chi connectivity index (χ1n) is 2.83. The molecule has 0 radical (unpaired) electrons. The third-order valence-corrected chi connectivity index (χ3v) is 0.554. The van der Waals surface area contributed by atoms with Crippen molar-refractivity contribution in [3.63, 3.8) is 0 Å². The third-order valence-electron chi connectivity index (χ3n) is 0.554. The van der Waals surface area contributed by atoms with Crippen molar-refractivity contribution in [1.82, 2.24) is 0 Å². The summed E-state index contributed by atoms with van der Waals surface area (Å²) < 4.78 is 14.1. The molecular formula is C6H6. The summed E-state index contributed by atoms with van der Waals surface area (Å²) in [6.07, 6.45) is 0. The summed E-state index contributed by atoms with van der Waals surface area (Å²) in [6.45, 7) is 0. The van der Waals surface area contributed by atoms with Gasteiger partial charge in [-0.15, -0.1) is 0 Å². The zero-order valence-corrected chi connectivity index (χ0v) is 3.31. The van der Waals surface area contributed by atoms with Crippen LogP contribution in [0, 0.1) is 0 Å². The van der Waals surface area contributed by atoms with Gasteiger partial charge in [-0.2, -0.15) is 0 Å². The van der Waals surface area contributed by atoms with Gasteiger partial charge in [0, 0.05) is 0 Å². The molecule has 0 heteroatoms. The van der Waals surface area contributed by atoms with Crippen molar-refractivity contribution in [2.24, 2.45) is 0 Å². The van der Waals surface area contributed by atoms with E-state index in [9.17, 15) is 0 Å². The van der Waals surface area contributed by atoms with Gasteiger partial charge in [0.2, 0.25) is 0 Å². The Morgan fingerprint density at radius 3 is 1.67 bits per heavy atom. The monoisotopic (exact) mass is 80.1 g/mol. The van der Waals surface area contributed by atoms with Crippen LogP contribution in [-0.2, 0) is 0 Å². The Hall–Kier alpha value is -0.780. The Balaban J connectivity index is 3.13. The van der Waals surface area contributed by atoms with Crippen LogP contribution < -0.4 is 0 Å². The summed E-state index contributed by atoms with van der Waals surface area (Å²) in [6, 6.07) is 7.27. The first kappa shape index (κ1) is 1.78. The topological polar surface area (TPSA) is 0 Å². The molecule has 0 bridgehead atoms. The van der Waals surface area contributed by atoms with Crippen molar-refractivity contribution in [3.05, 3.63) is 36.4 Å². The molecule has 0 N–H and O–H groups in total. The lowest BCUT2D eigenvalue weighted by Gasteiger charge is -1.69. The molecule has 6 heavy (non-hydrogen) atoms. The van der Waals surface area contributed by atoms with Crippen molar-refractivity contribution in [3.8, 4) is 0 Å². The summed E-state index contributed by atoms with van der Waals surface area (Å²) in [5.41, 5.74) is 0. The van der Waals surface area contributed by atoms with E-state index in [1.165, 1.54) is 0 Å². The number of rotatable bonds is 0. The van der Waals surface area contributed by atoms with Gasteiger partial charge in [0.1, 0.15) is 0 Å². The van der Waals surface area contributed by atoms with Crippen molar-refractivity contribution in [2.45, 2.75) is 0 Å². The molecule has 1 aromatic rings. The Labute approximate surface area is 40.2 Å². The highest BCUT2D eigenvalue weighted by molar-refractivity contribution is 4.99. The summed E-state index contributed by atoms with van der Waals surface area (Å²) in [7, 11) is 0. The van der Waals surface area contributed by atoms with Gasteiger partial charge in [-0.1, -0.05) is 36.4 Å². The number of hydrogen-bond acceptors (Lipinski definition) is 0. The Kier molecular flexibility index (Phi) is 0.477. The van der Waals surface area contributed by atoms with Crippen LogP contribution >= 0.6 is 0 Å². The fraction of sp³-hybridized carbons (Fsp3) is 0. The average Bonchev–Trinajstić information content (AvgIpc) is 1.77. The minimum absolute atomic E-state index is 0.285. The molecule has 0 amide bonds. The van der Waals surface area contributed by atoms with E-state index in [2.05, 4.69) is 0 Å². The van der Waals surface area contributed by atoms with Gasteiger partial charge in [-0.05, 0) is 0 Å². The van der Waals surface area contributed by atoms with Crippen molar-refractivity contribution >= 4 is 0 Å². The lowest BCUT2D eigenvalue weighted by atomic mass is 10.4. The number of hydrogen-bond donors (Lipinski definition) is 0. The van der Waals surface area contributed by atoms with Crippen LogP contribution in [0.1, 0.15) is 2.74 Å². The van der Waals surface area contributed by atoms with Crippen LogP contribution in [0.4, 0.5) is 0 Å². The predicted octanol–water partition coefficient (Wildman–Crippen LogP) is 1.69. The third kappa shape index (κ3) is 0.582. The molecule has 0 aromatic heterocycles. The molecule has 0 nitrogen and oxygen atoms in total. The van der Waals surface area contributed by atoms with Crippen LogP contribution in [0.5, 0.6) is 0 Å². The second kappa shape index (κ2) is 1.61. The van der Waals surface area contributed by atoms with Crippen molar-refractivity contribution in [2.75, 3.05) is 0 Å². The average molecular weight is 80.1 g/mol. The van der Waals surface area contributed by atoms with Crippen LogP contribution in [0.15, 0.2) is 36.4 Å². The van der Waals surface area contributed by atoms with Gasteiger partial charge < -0.3 is 0 Å². The molecule has 30 valence electrons. The number of benzene rings is 1. The fourth-order valence-corrected chi connectivity index (χ4v) is 0.304. The van der Waals surface area contributed by atoms with Gasteiger partial charge in [0.05, 0.1) is 2.74 Å². The lowest BCUT2D eigenvalue weighted by molar-refractivity contribution is 1.72. The highest BCUT2D eigenvalue weighted by atomic mass is 13.6. The highest BCUT2D eigenvalue weighted by Gasteiger charge is 1.57. The second-order valence-electron chi connectivity index (χ2n) is 1.01. The largest absolute Gasteiger partial charge is 0.0623 e. The van der Waals surface area contributed by atoms with E-state index < -0.39 is 0 Å². The quantitative estimate of drug-likeness (QED) is 0.445. The van der Waals surface area contributed by atoms with Gasteiger partial charge in [0.25, 0.3) is 0 Å². The summed E-state index contributed by atoms with van der Waals surface area (Å²) in [4.78, 5) is 0. The normalized spacial score (nSPS) is 12.7. The van der Waals surface area contributed by atoms with Crippen LogP contribution in [0.25, 0.3) is 0 Å². The van der Waals surface area contributed by atoms with E-state index in [1.807, 2.05) is 0 Å². The Bertz CT molecular complexity index is 163. The Morgan fingerprint density at radius 2 is 1.33 bits per heavy atom. The maximum absolute atomic E-state index is 7.03. The molecule has 0 fully saturated rings. The van der Waals surface area contributed by atoms with Gasteiger partial charge in [0.15, 0.2) is 0 Å². The van der Waals surface area contributed by atoms with E-state index in [1.54, 1.807) is 24.3 Å². The molecule has 0 aliphatic heterocycles. The molecule has 0 saturated heterocycles. The summed E-state index contributed by atoms with van der Waals surface area (Å²) in [5, 5.41) is 0. The van der Waals surface area contributed by atoms with Crippen molar-refractivity contribution in [1.29, 1.82) is 0 Å². The molecule has 0 spiro atoms. The van der Waals surface area contributed by atoms with E-state index in [0.29, 0.717) is 0 Å². The standard InChI is InChI=1S/C6H6/c1-2-4-6-5-3-1/h1-6H/i1D,2D. The molecule has 1 aromatic carbocycles. The lowest BCUT2D eigenvalue weighted by Crippen LogP contribution is -1.47. The van der Waals surface area contributed by atoms with Gasteiger partial charge in [-0.25, -0.2) is 0 Å². The van der Waals surface area contributed by atoms with E-state index in [-0.39, 0.29) is 12.1 Å². The van der Waals surface area contributed by atoms with E-state index >= 15 is 0 Å². The van der Waals surface area contributed by atoms with Crippen LogP contribution in [-0.4, -0.2) is 0 Å². The summed E-state index contributed by atoms with van der Waals surface area (Å²) in [5.74, 6) is 0. The molecule has 0 heterocycles. The maximum atomic E-state index is 7.03. The minimum atomic E-state index is 0.285. The van der Waals surface area contributed by atoms with E-state index in [4.69, 9.17) is 2.74 Å². The smallest absolute Gasteiger partial charge is 0.0623 e. The molecule has 0 aliphatic carbocycles. The Morgan fingerprint density at radius 1 is 0.833 bits per heavy atom. The molecule has 0 unspecified atom stereocenters. The van der Waals surface area contributed by atoms with Gasteiger partial charge in [-0.3, -0.25) is 0 Å². The van der Waals surface area contributed by atoms with Crippen molar-refractivity contribution < 1.29 is 2.74 Å².